The minimum Gasteiger partial charge on any atom is -0.493 e. The number of amides is 1. The lowest BCUT2D eigenvalue weighted by Gasteiger charge is -2.11. The van der Waals surface area contributed by atoms with E-state index >= 15 is 0 Å². The molecule has 0 unspecified atom stereocenters. The summed E-state index contributed by atoms with van der Waals surface area (Å²) in [6.07, 6.45) is 4.82. The molecule has 0 aliphatic carbocycles. The van der Waals surface area contributed by atoms with Crippen LogP contribution in [-0.2, 0) is 4.79 Å². The van der Waals surface area contributed by atoms with Gasteiger partial charge < -0.3 is 14.8 Å². The first-order valence-corrected chi connectivity index (χ1v) is 8.17. The second-order valence-electron chi connectivity index (χ2n) is 5.82. The van der Waals surface area contributed by atoms with E-state index in [2.05, 4.69) is 5.32 Å². The number of nitrogens with one attached hydrogen (secondary N) is 1. The van der Waals surface area contributed by atoms with Crippen molar-refractivity contribution in [3.8, 4) is 11.5 Å². The summed E-state index contributed by atoms with van der Waals surface area (Å²) in [4.78, 5) is 12.7. The number of aryl methyl sites for hydroxylation is 2. The molecule has 0 saturated carbocycles. The molecule has 25 heavy (non-hydrogen) atoms. The van der Waals surface area contributed by atoms with E-state index in [4.69, 9.17) is 21.1 Å². The summed E-state index contributed by atoms with van der Waals surface area (Å²) in [5.74, 6) is 0.817. The van der Waals surface area contributed by atoms with Gasteiger partial charge in [-0.15, -0.1) is 0 Å². The number of hydrogen-bond acceptors (Lipinski definition) is 3. The number of rotatable bonds is 3. The van der Waals surface area contributed by atoms with E-state index in [1.807, 2.05) is 32.0 Å². The topological polar surface area (TPSA) is 47.6 Å². The fraction of sp³-hybridized carbons (Fsp3) is 0.150. The molecule has 1 heterocycles. The van der Waals surface area contributed by atoms with E-state index in [0.29, 0.717) is 27.7 Å². The molecule has 128 valence electrons. The number of anilines is 1. The van der Waals surface area contributed by atoms with Crippen LogP contribution in [0, 0.1) is 13.8 Å². The Morgan fingerprint density at radius 3 is 2.76 bits per heavy atom. The van der Waals surface area contributed by atoms with Gasteiger partial charge in [0.2, 0.25) is 0 Å². The predicted molar refractivity (Wildman–Crippen MR) is 100 cm³/mol. The van der Waals surface area contributed by atoms with Crippen molar-refractivity contribution in [2.45, 2.75) is 13.8 Å². The summed E-state index contributed by atoms with van der Waals surface area (Å²) >= 11 is 6.12. The van der Waals surface area contributed by atoms with Gasteiger partial charge >= 0.3 is 0 Å². The molecule has 1 aliphatic heterocycles. The molecule has 1 N–H and O–H groups in total. The molecule has 5 heteroatoms. The Morgan fingerprint density at radius 1 is 1.20 bits per heavy atom. The van der Waals surface area contributed by atoms with Gasteiger partial charge in [0.25, 0.3) is 5.91 Å². The Hall–Kier alpha value is -2.72. The fourth-order valence-corrected chi connectivity index (χ4v) is 2.79. The third-order valence-corrected chi connectivity index (χ3v) is 4.13. The molecular formula is C20H18ClNO3. The minimum atomic E-state index is -0.222. The van der Waals surface area contributed by atoms with Gasteiger partial charge in [0, 0.05) is 27.9 Å². The van der Waals surface area contributed by atoms with Crippen molar-refractivity contribution in [3.05, 3.63) is 70.0 Å². The molecule has 1 aliphatic rings. The first-order chi connectivity index (χ1) is 12.0. The van der Waals surface area contributed by atoms with Crippen LogP contribution in [0.5, 0.6) is 11.5 Å². The first-order valence-electron chi connectivity index (χ1n) is 7.79. The largest absolute Gasteiger partial charge is 0.493 e. The van der Waals surface area contributed by atoms with Gasteiger partial charge in [-0.25, -0.2) is 0 Å². The molecule has 2 aromatic rings. The van der Waals surface area contributed by atoms with Gasteiger partial charge in [-0.2, -0.15) is 0 Å². The van der Waals surface area contributed by atoms with Crippen LogP contribution in [0.1, 0.15) is 16.7 Å². The molecule has 0 fully saturated rings. The first kappa shape index (κ1) is 17.1. The number of benzene rings is 2. The van der Waals surface area contributed by atoms with E-state index < -0.39 is 0 Å². The quantitative estimate of drug-likeness (QED) is 0.852. The van der Waals surface area contributed by atoms with Gasteiger partial charge in [-0.3, -0.25) is 4.79 Å². The number of carbonyl (C=O) groups excluding carboxylic acids is 1. The molecule has 0 spiro atoms. The van der Waals surface area contributed by atoms with E-state index in [9.17, 15) is 4.79 Å². The Morgan fingerprint density at radius 2 is 2.00 bits per heavy atom. The summed E-state index contributed by atoms with van der Waals surface area (Å²) in [5.41, 5.74) is 4.01. The highest BCUT2D eigenvalue weighted by atomic mass is 35.5. The number of carbonyl (C=O) groups is 1. The number of methoxy groups -OCH3 is 1. The average Bonchev–Trinajstić information content (AvgIpc) is 2.79. The smallest absolute Gasteiger partial charge is 0.255 e. The zero-order valence-corrected chi connectivity index (χ0v) is 15.0. The van der Waals surface area contributed by atoms with Crippen molar-refractivity contribution in [2.24, 2.45) is 0 Å². The minimum absolute atomic E-state index is 0.222. The molecule has 1 amide bonds. The third-order valence-electron chi connectivity index (χ3n) is 3.92. The molecule has 0 radical (unpaired) electrons. The standard InChI is InChI=1S/C20H18ClNO3/c1-12-4-5-13(2)17(8-12)22-20(23)14-6-7-25-19-15(9-14)10-16(21)11-18(19)24-3/h4-11H,1-3H3,(H,22,23). The van der Waals surface area contributed by atoms with Crippen LogP contribution in [0.4, 0.5) is 5.69 Å². The SMILES string of the molecule is COc1cc(Cl)cc2c1OC=CC(C(=O)Nc1cc(C)ccc1C)=C2. The van der Waals surface area contributed by atoms with E-state index in [-0.39, 0.29) is 5.91 Å². The molecular weight excluding hydrogens is 338 g/mol. The van der Waals surface area contributed by atoms with Crippen LogP contribution in [0.2, 0.25) is 5.02 Å². The van der Waals surface area contributed by atoms with Gasteiger partial charge in [0.1, 0.15) is 0 Å². The number of ether oxygens (including phenoxy) is 2. The van der Waals surface area contributed by atoms with Crippen LogP contribution in [0.25, 0.3) is 6.08 Å². The molecule has 0 atom stereocenters. The van der Waals surface area contributed by atoms with E-state index in [1.165, 1.54) is 6.26 Å². The van der Waals surface area contributed by atoms with Crippen molar-refractivity contribution in [2.75, 3.05) is 12.4 Å². The summed E-state index contributed by atoms with van der Waals surface area (Å²) in [6.45, 7) is 3.94. The van der Waals surface area contributed by atoms with Crippen molar-refractivity contribution in [1.29, 1.82) is 0 Å². The summed E-state index contributed by atoms with van der Waals surface area (Å²) < 4.78 is 10.9. The van der Waals surface area contributed by atoms with Gasteiger partial charge in [0.15, 0.2) is 11.5 Å². The van der Waals surface area contributed by atoms with Gasteiger partial charge in [-0.1, -0.05) is 23.7 Å². The van der Waals surface area contributed by atoms with Crippen LogP contribution < -0.4 is 14.8 Å². The summed E-state index contributed by atoms with van der Waals surface area (Å²) in [5, 5.41) is 3.45. The molecule has 0 aromatic heterocycles. The third kappa shape index (κ3) is 3.69. The van der Waals surface area contributed by atoms with Crippen LogP contribution in [-0.4, -0.2) is 13.0 Å². The van der Waals surface area contributed by atoms with Gasteiger partial charge in [0.05, 0.1) is 13.4 Å². The number of halogens is 1. The lowest BCUT2D eigenvalue weighted by molar-refractivity contribution is -0.112. The van der Waals surface area contributed by atoms with Crippen LogP contribution in [0.3, 0.4) is 0 Å². The maximum atomic E-state index is 12.7. The lowest BCUT2D eigenvalue weighted by atomic mass is 10.1. The average molecular weight is 356 g/mol. The van der Waals surface area contributed by atoms with Crippen LogP contribution in [0.15, 0.2) is 48.2 Å². The second-order valence-corrected chi connectivity index (χ2v) is 6.26. The van der Waals surface area contributed by atoms with Crippen molar-refractivity contribution < 1.29 is 14.3 Å². The van der Waals surface area contributed by atoms with E-state index in [1.54, 1.807) is 31.4 Å². The maximum Gasteiger partial charge on any atom is 0.255 e. The Labute approximate surface area is 151 Å². The highest BCUT2D eigenvalue weighted by Crippen LogP contribution is 2.37. The number of hydrogen-bond donors (Lipinski definition) is 1. The zero-order valence-electron chi connectivity index (χ0n) is 14.2. The maximum absolute atomic E-state index is 12.7. The predicted octanol–water partition coefficient (Wildman–Crippen LogP) is 4.89. The summed E-state index contributed by atoms with van der Waals surface area (Å²) in [7, 11) is 1.54. The lowest BCUT2D eigenvalue weighted by Crippen LogP contribution is -2.14. The monoisotopic (exact) mass is 355 g/mol. The van der Waals surface area contributed by atoms with Crippen molar-refractivity contribution >= 4 is 29.3 Å². The van der Waals surface area contributed by atoms with Crippen molar-refractivity contribution in [3.63, 3.8) is 0 Å². The van der Waals surface area contributed by atoms with Crippen LogP contribution >= 0.6 is 11.6 Å². The highest BCUT2D eigenvalue weighted by Gasteiger charge is 2.17. The second kappa shape index (κ2) is 7.03. The Kier molecular flexibility index (Phi) is 4.81. The molecule has 4 nitrogen and oxygen atoms in total. The zero-order chi connectivity index (χ0) is 18.0. The molecule has 2 aromatic carbocycles. The molecule has 0 saturated heterocycles. The van der Waals surface area contributed by atoms with Crippen molar-refractivity contribution in [1.82, 2.24) is 0 Å². The summed E-state index contributed by atoms with van der Waals surface area (Å²) in [6, 6.07) is 9.33. The fourth-order valence-electron chi connectivity index (χ4n) is 2.57. The Balaban J connectivity index is 1.95. The normalized spacial score (nSPS) is 12.6. The highest BCUT2D eigenvalue weighted by molar-refractivity contribution is 6.31. The van der Waals surface area contributed by atoms with E-state index in [0.717, 1.165) is 16.8 Å². The van der Waals surface area contributed by atoms with Gasteiger partial charge in [-0.05, 0) is 49.3 Å². The molecule has 3 rings (SSSR count). The molecule has 0 bridgehead atoms. The number of fused-ring (bicyclic) bond motifs is 1. The Bertz CT molecular complexity index is 900.